The Kier molecular flexibility index (Phi) is 14.5. The van der Waals surface area contributed by atoms with Crippen LogP contribution in [0.15, 0.2) is 24.3 Å². The summed E-state index contributed by atoms with van der Waals surface area (Å²) in [5, 5.41) is 26.3. The van der Waals surface area contributed by atoms with Gasteiger partial charge in [0.1, 0.15) is 23.9 Å². The molecule has 206 valence electrons. The summed E-state index contributed by atoms with van der Waals surface area (Å²) in [6, 6.07) is 1.42. The largest absolute Gasteiger partial charge is 0.508 e. The van der Waals surface area contributed by atoms with Crippen LogP contribution in [0.2, 0.25) is 0 Å². The second-order valence-corrected chi connectivity index (χ2v) is 10.2. The lowest BCUT2D eigenvalue weighted by molar-refractivity contribution is -0.143. The van der Waals surface area contributed by atoms with Crippen molar-refractivity contribution >= 4 is 53.1 Å². The molecule has 1 aromatic carbocycles. The number of rotatable bonds is 17. The number of carbonyl (C=O) groups is 5. The van der Waals surface area contributed by atoms with Crippen LogP contribution in [0.5, 0.6) is 5.75 Å². The number of hydrogen-bond acceptors (Lipinski definition) is 9. The summed E-state index contributed by atoms with van der Waals surface area (Å²) >= 11 is 2.94. The van der Waals surface area contributed by atoms with Crippen molar-refractivity contribution in [1.82, 2.24) is 16.0 Å². The maximum Gasteiger partial charge on any atom is 0.326 e. The second kappa shape index (κ2) is 16.7. The van der Waals surface area contributed by atoms with Crippen LogP contribution in [0.1, 0.15) is 24.8 Å². The summed E-state index contributed by atoms with van der Waals surface area (Å²) in [7, 11) is 0. The van der Waals surface area contributed by atoms with Crippen LogP contribution in [0, 0.1) is 0 Å². The summed E-state index contributed by atoms with van der Waals surface area (Å²) in [6.45, 7) is 0. The fourth-order valence-corrected chi connectivity index (χ4v) is 4.14. The van der Waals surface area contributed by atoms with Gasteiger partial charge in [-0.3, -0.25) is 19.2 Å². The van der Waals surface area contributed by atoms with Crippen molar-refractivity contribution < 1.29 is 34.2 Å². The Morgan fingerprint density at radius 1 is 0.838 bits per heavy atom. The molecule has 0 saturated carbocycles. The topological polar surface area (TPSA) is 214 Å². The Bertz CT molecular complexity index is 933. The van der Waals surface area contributed by atoms with Gasteiger partial charge in [-0.05, 0) is 54.6 Å². The summed E-state index contributed by atoms with van der Waals surface area (Å²) < 4.78 is 0. The molecule has 12 nitrogen and oxygen atoms in total. The minimum atomic E-state index is -1.55. The highest BCUT2D eigenvalue weighted by atomic mass is 32.2. The predicted octanol–water partition coefficient (Wildman–Crippen LogP) is -0.817. The molecule has 0 saturated heterocycles. The van der Waals surface area contributed by atoms with Crippen molar-refractivity contribution in [3.05, 3.63) is 29.8 Å². The van der Waals surface area contributed by atoms with Crippen molar-refractivity contribution in [3.63, 3.8) is 0 Å². The lowest BCUT2D eigenvalue weighted by atomic mass is 10.0. The lowest BCUT2D eigenvalue weighted by Crippen LogP contribution is -2.58. The monoisotopic (exact) mass is 557 g/mol. The summed E-state index contributed by atoms with van der Waals surface area (Å²) in [5.41, 5.74) is 11.7. The van der Waals surface area contributed by atoms with E-state index in [9.17, 15) is 34.2 Å². The van der Waals surface area contributed by atoms with Crippen molar-refractivity contribution in [2.24, 2.45) is 11.5 Å². The van der Waals surface area contributed by atoms with Gasteiger partial charge in [-0.2, -0.15) is 23.5 Å². The van der Waals surface area contributed by atoms with Crippen molar-refractivity contribution in [2.45, 2.75) is 49.9 Å². The van der Waals surface area contributed by atoms with E-state index >= 15 is 0 Å². The molecule has 0 aliphatic rings. The molecule has 0 fully saturated rings. The molecule has 0 aliphatic carbocycles. The van der Waals surface area contributed by atoms with Gasteiger partial charge in [0.15, 0.2) is 0 Å². The zero-order valence-electron chi connectivity index (χ0n) is 20.8. The van der Waals surface area contributed by atoms with Crippen LogP contribution in [0.25, 0.3) is 0 Å². The summed E-state index contributed by atoms with van der Waals surface area (Å²) in [6.07, 6.45) is 3.67. The maximum absolute atomic E-state index is 13.3. The first kappa shape index (κ1) is 32.1. The van der Waals surface area contributed by atoms with Crippen LogP contribution in [-0.4, -0.2) is 88.0 Å². The van der Waals surface area contributed by atoms with Gasteiger partial charge in [0.05, 0.1) is 12.5 Å². The maximum atomic E-state index is 13.3. The highest BCUT2D eigenvalue weighted by Gasteiger charge is 2.30. The van der Waals surface area contributed by atoms with Gasteiger partial charge in [-0.25, -0.2) is 4.79 Å². The van der Waals surface area contributed by atoms with E-state index in [1.165, 1.54) is 35.7 Å². The Hall–Kier alpha value is -2.97. The van der Waals surface area contributed by atoms with Gasteiger partial charge in [0.25, 0.3) is 0 Å². The van der Waals surface area contributed by atoms with Gasteiger partial charge in [0, 0.05) is 6.42 Å². The molecule has 0 bridgehead atoms. The number of carboxylic acid groups (broad SMARTS) is 1. The van der Waals surface area contributed by atoms with E-state index in [0.29, 0.717) is 23.5 Å². The summed E-state index contributed by atoms with van der Waals surface area (Å²) in [4.78, 5) is 61.4. The zero-order chi connectivity index (χ0) is 28.0. The molecular weight excluding hydrogens is 522 g/mol. The van der Waals surface area contributed by atoms with E-state index in [-0.39, 0.29) is 18.6 Å². The first-order valence-corrected chi connectivity index (χ1v) is 14.2. The number of carboxylic acids is 1. The number of thioether (sulfide) groups is 2. The number of phenols is 1. The molecule has 0 spiro atoms. The standard InChI is InChI=1S/C23H35N5O7S2/c1-36-9-7-15(24)20(31)27-17(11-13-3-5-14(29)6-4-13)22(33)26-16(8-10-37-2)21(32)28-18(23(34)35)12-19(25)30/h3-6,15-18,29H,7-12,24H2,1-2H3,(H2,25,30)(H,26,33)(H,27,31)(H,28,32)(H,34,35). The Labute approximate surface area is 224 Å². The first-order valence-electron chi connectivity index (χ1n) is 11.4. The van der Waals surface area contributed by atoms with E-state index in [1.807, 2.05) is 6.26 Å². The van der Waals surface area contributed by atoms with Gasteiger partial charge in [-0.15, -0.1) is 0 Å². The van der Waals surface area contributed by atoms with Gasteiger partial charge in [-0.1, -0.05) is 12.1 Å². The molecular formula is C23H35N5O7S2. The molecule has 37 heavy (non-hydrogen) atoms. The Balaban J connectivity index is 3.10. The predicted molar refractivity (Wildman–Crippen MR) is 143 cm³/mol. The van der Waals surface area contributed by atoms with Crippen molar-refractivity contribution in [3.8, 4) is 5.75 Å². The van der Waals surface area contributed by atoms with E-state index in [4.69, 9.17) is 11.5 Å². The number of primary amides is 1. The first-order chi connectivity index (χ1) is 17.5. The molecule has 9 N–H and O–H groups in total. The molecule has 1 rings (SSSR count). The van der Waals surface area contributed by atoms with Crippen LogP contribution < -0.4 is 27.4 Å². The third kappa shape index (κ3) is 12.2. The van der Waals surface area contributed by atoms with Crippen LogP contribution in [0.3, 0.4) is 0 Å². The quantitative estimate of drug-likeness (QED) is 0.126. The number of hydrogen-bond donors (Lipinski definition) is 7. The van der Waals surface area contributed by atoms with Gasteiger partial charge >= 0.3 is 5.97 Å². The lowest BCUT2D eigenvalue weighted by Gasteiger charge is -2.25. The fourth-order valence-electron chi connectivity index (χ4n) is 3.18. The molecule has 14 heteroatoms. The average Bonchev–Trinajstić information content (AvgIpc) is 2.84. The Morgan fingerprint density at radius 3 is 1.89 bits per heavy atom. The molecule has 4 amide bonds. The molecule has 0 radical (unpaired) electrons. The molecule has 0 heterocycles. The molecule has 4 unspecified atom stereocenters. The number of benzene rings is 1. The van der Waals surface area contributed by atoms with Gasteiger partial charge in [0.2, 0.25) is 23.6 Å². The number of nitrogens with two attached hydrogens (primary N) is 2. The third-order valence-corrected chi connectivity index (χ3v) is 6.53. The smallest absolute Gasteiger partial charge is 0.326 e. The fraction of sp³-hybridized carbons (Fsp3) is 0.522. The molecule has 0 aliphatic heterocycles. The SMILES string of the molecule is CSCCC(N)C(=O)NC(Cc1ccc(O)cc1)C(=O)NC(CCSC)C(=O)NC(CC(N)=O)C(=O)O. The van der Waals surface area contributed by atoms with E-state index in [0.717, 1.165) is 0 Å². The van der Waals surface area contributed by atoms with Gasteiger partial charge < -0.3 is 37.6 Å². The Morgan fingerprint density at radius 2 is 1.35 bits per heavy atom. The average molecular weight is 558 g/mol. The van der Waals surface area contributed by atoms with Crippen LogP contribution in [0.4, 0.5) is 0 Å². The second-order valence-electron chi connectivity index (χ2n) is 8.23. The van der Waals surface area contributed by atoms with E-state index in [2.05, 4.69) is 16.0 Å². The van der Waals surface area contributed by atoms with Crippen molar-refractivity contribution in [1.29, 1.82) is 0 Å². The molecule has 0 aromatic heterocycles. The summed E-state index contributed by atoms with van der Waals surface area (Å²) in [5.74, 6) is -3.23. The van der Waals surface area contributed by atoms with E-state index in [1.54, 1.807) is 18.4 Å². The number of phenolic OH excluding ortho intramolecular Hbond substituents is 1. The number of aliphatic carboxylic acids is 1. The highest BCUT2D eigenvalue weighted by Crippen LogP contribution is 2.12. The van der Waals surface area contributed by atoms with Crippen LogP contribution >= 0.6 is 23.5 Å². The minimum Gasteiger partial charge on any atom is -0.508 e. The number of carbonyl (C=O) groups excluding carboxylic acids is 4. The zero-order valence-corrected chi connectivity index (χ0v) is 22.4. The number of amides is 4. The number of nitrogens with one attached hydrogen (secondary N) is 3. The minimum absolute atomic E-state index is 0.0330. The molecule has 4 atom stereocenters. The normalized spacial score (nSPS) is 14.0. The van der Waals surface area contributed by atoms with Crippen LogP contribution in [-0.2, 0) is 30.4 Å². The number of aromatic hydroxyl groups is 1. The van der Waals surface area contributed by atoms with E-state index < -0.39 is 60.2 Å². The molecule has 1 aromatic rings. The third-order valence-electron chi connectivity index (χ3n) is 5.24. The van der Waals surface area contributed by atoms with Crippen molar-refractivity contribution in [2.75, 3.05) is 24.0 Å². The highest BCUT2D eigenvalue weighted by molar-refractivity contribution is 7.98.